The summed E-state index contributed by atoms with van der Waals surface area (Å²) in [5, 5.41) is 0. The first kappa shape index (κ1) is 25.8. The van der Waals surface area contributed by atoms with E-state index < -0.39 is 11.7 Å². The number of nitrogens with two attached hydrogens (primary N) is 1. The van der Waals surface area contributed by atoms with Gasteiger partial charge in [-0.2, -0.15) is 13.2 Å². The van der Waals surface area contributed by atoms with Crippen molar-refractivity contribution in [2.45, 2.75) is 51.7 Å². The first-order valence-corrected chi connectivity index (χ1v) is 11.2. The molecule has 34 heavy (non-hydrogen) atoms. The van der Waals surface area contributed by atoms with Crippen molar-refractivity contribution in [3.05, 3.63) is 52.2 Å². The van der Waals surface area contributed by atoms with Crippen LogP contribution >= 0.6 is 0 Å². The Kier molecular flexibility index (Phi) is 9.12. The molecule has 1 aromatic heterocycles. The highest BCUT2D eigenvalue weighted by atomic mass is 19.4. The Morgan fingerprint density at radius 1 is 1.06 bits per heavy atom. The summed E-state index contributed by atoms with van der Waals surface area (Å²) in [6.07, 6.45) is 1.27. The summed E-state index contributed by atoms with van der Waals surface area (Å²) in [5.41, 5.74) is 9.81. The average molecular weight is 482 g/mol. The van der Waals surface area contributed by atoms with Crippen LogP contribution in [-0.2, 0) is 46.7 Å². The molecule has 10 heteroatoms. The number of fused-ring (bicyclic) bond motifs is 3. The van der Waals surface area contributed by atoms with E-state index in [4.69, 9.17) is 15.2 Å². The molecule has 1 aromatic carbocycles. The molecule has 0 atom stereocenters. The number of likely N-dealkylation sites (tertiary alicyclic amines) is 1. The number of rotatable bonds is 2. The maximum Gasteiger partial charge on any atom is 0.416 e. The Morgan fingerprint density at radius 2 is 1.79 bits per heavy atom. The molecule has 1 fully saturated rings. The van der Waals surface area contributed by atoms with Gasteiger partial charge in [-0.1, -0.05) is 6.07 Å². The first-order valence-electron chi connectivity index (χ1n) is 11.2. The number of carbonyl (C=O) groups excluding carboxylic acids is 1. The molecule has 186 valence electrons. The number of hydrogen-bond donors (Lipinski definition) is 1. The van der Waals surface area contributed by atoms with E-state index in [-0.39, 0.29) is 5.75 Å². The molecule has 3 aliphatic heterocycles. The van der Waals surface area contributed by atoms with E-state index in [1.54, 1.807) is 0 Å². The molecule has 1 amide bonds. The highest BCUT2D eigenvalue weighted by Crippen LogP contribution is 2.32. The number of alkyl halides is 3. The number of aromatic nitrogens is 1. The number of anilines is 1. The van der Waals surface area contributed by atoms with Gasteiger partial charge in [0.2, 0.25) is 6.41 Å². The van der Waals surface area contributed by atoms with Crippen molar-refractivity contribution < 1.29 is 32.2 Å². The van der Waals surface area contributed by atoms with Gasteiger partial charge < -0.3 is 24.8 Å². The smallest absolute Gasteiger partial charge is 0.416 e. The predicted molar refractivity (Wildman–Crippen MR) is 120 cm³/mol. The van der Waals surface area contributed by atoms with E-state index in [1.807, 2.05) is 4.90 Å². The van der Waals surface area contributed by atoms with Crippen LogP contribution in [0.1, 0.15) is 47.2 Å². The Balaban J connectivity index is 0.000000149. The number of nitrogen functional groups attached to an aromatic ring is 1. The van der Waals surface area contributed by atoms with E-state index in [0.717, 1.165) is 55.9 Å². The number of carbonyl (C=O) groups is 1. The Morgan fingerprint density at radius 3 is 2.44 bits per heavy atom. The van der Waals surface area contributed by atoms with Gasteiger partial charge in [-0.3, -0.25) is 4.79 Å². The number of amides is 1. The van der Waals surface area contributed by atoms with Crippen molar-refractivity contribution in [1.82, 2.24) is 9.88 Å². The molecule has 0 bridgehead atoms. The number of benzene rings is 1. The SMILES string of the molecule is COc1cccc(C(F)(F)F)c1.Nc1nc2c(c3c1COC3)CCOC2.O=CN1CCCCC1. The molecule has 5 rings (SSSR count). The van der Waals surface area contributed by atoms with Gasteiger partial charge in [-0.05, 0) is 55.0 Å². The van der Waals surface area contributed by atoms with Gasteiger partial charge in [0.15, 0.2) is 0 Å². The summed E-state index contributed by atoms with van der Waals surface area (Å²) < 4.78 is 51.5. The van der Waals surface area contributed by atoms with Crippen molar-refractivity contribution in [1.29, 1.82) is 0 Å². The van der Waals surface area contributed by atoms with Crippen LogP contribution in [0.4, 0.5) is 19.0 Å². The van der Waals surface area contributed by atoms with Gasteiger partial charge >= 0.3 is 6.18 Å². The normalized spacial score (nSPS) is 16.8. The second-order valence-corrected chi connectivity index (χ2v) is 8.11. The van der Waals surface area contributed by atoms with Crippen molar-refractivity contribution in [3.63, 3.8) is 0 Å². The third-order valence-electron chi connectivity index (χ3n) is 5.81. The summed E-state index contributed by atoms with van der Waals surface area (Å²) in [5.74, 6) is 0.826. The standard InChI is InChI=1S/C10H12N2O2.C8H7F3O.C6H11NO/c11-10-8-4-14-3-7(8)6-1-2-13-5-9(6)12-10;1-12-7-4-2-3-6(5-7)8(9,10)11;8-6-7-4-2-1-3-5-7/h1-5H2,(H2,11,12);2-5H,1H3;6H,1-5H2. The number of hydrogen-bond acceptors (Lipinski definition) is 6. The number of pyridine rings is 1. The van der Waals surface area contributed by atoms with Crippen molar-refractivity contribution in [2.24, 2.45) is 0 Å². The zero-order valence-electron chi connectivity index (χ0n) is 19.2. The lowest BCUT2D eigenvalue weighted by molar-refractivity contribution is -0.137. The first-order chi connectivity index (χ1) is 16.3. The molecule has 0 spiro atoms. The maximum absolute atomic E-state index is 12.0. The minimum Gasteiger partial charge on any atom is -0.497 e. The molecule has 4 heterocycles. The highest BCUT2D eigenvalue weighted by Gasteiger charge is 2.30. The lowest BCUT2D eigenvalue weighted by Gasteiger charge is -2.21. The van der Waals surface area contributed by atoms with Crippen LogP contribution in [0.15, 0.2) is 24.3 Å². The summed E-state index contributed by atoms with van der Waals surface area (Å²) >= 11 is 0. The van der Waals surface area contributed by atoms with Crippen LogP contribution in [-0.4, -0.2) is 43.1 Å². The van der Waals surface area contributed by atoms with Gasteiger partial charge in [-0.15, -0.1) is 0 Å². The second-order valence-electron chi connectivity index (χ2n) is 8.11. The van der Waals surface area contributed by atoms with Crippen LogP contribution in [0.5, 0.6) is 5.75 Å². The Hall–Kier alpha value is -2.85. The van der Waals surface area contributed by atoms with Crippen molar-refractivity contribution in [3.8, 4) is 5.75 Å². The van der Waals surface area contributed by atoms with Crippen LogP contribution in [0, 0.1) is 0 Å². The van der Waals surface area contributed by atoms with Crippen LogP contribution in [0.3, 0.4) is 0 Å². The monoisotopic (exact) mass is 481 g/mol. The third-order valence-corrected chi connectivity index (χ3v) is 5.81. The van der Waals surface area contributed by atoms with Gasteiger partial charge in [0.1, 0.15) is 11.6 Å². The molecule has 0 aliphatic carbocycles. The topological polar surface area (TPSA) is 86.9 Å². The molecular formula is C24H30F3N3O4. The van der Waals surface area contributed by atoms with E-state index in [2.05, 4.69) is 9.72 Å². The summed E-state index contributed by atoms with van der Waals surface area (Å²) in [6, 6.07) is 4.74. The number of halogens is 3. The molecular weight excluding hydrogens is 451 g/mol. The van der Waals surface area contributed by atoms with E-state index in [1.165, 1.54) is 49.6 Å². The predicted octanol–water partition coefficient (Wildman–Crippen LogP) is 4.11. The van der Waals surface area contributed by atoms with Gasteiger partial charge in [0.25, 0.3) is 0 Å². The van der Waals surface area contributed by atoms with Crippen LogP contribution in [0.25, 0.3) is 0 Å². The molecule has 7 nitrogen and oxygen atoms in total. The fraction of sp³-hybridized carbons (Fsp3) is 0.500. The van der Waals surface area contributed by atoms with Crippen LogP contribution in [0.2, 0.25) is 0 Å². The number of ether oxygens (including phenoxy) is 3. The quantitative estimate of drug-likeness (QED) is 0.650. The van der Waals surface area contributed by atoms with E-state index in [9.17, 15) is 18.0 Å². The van der Waals surface area contributed by atoms with Gasteiger partial charge in [0.05, 0.1) is 44.8 Å². The molecule has 2 N–H and O–H groups in total. The molecule has 2 aromatic rings. The fourth-order valence-electron chi connectivity index (χ4n) is 3.96. The average Bonchev–Trinajstić information content (AvgIpc) is 3.36. The summed E-state index contributed by atoms with van der Waals surface area (Å²) in [4.78, 5) is 16.3. The minimum atomic E-state index is -4.30. The Bertz CT molecular complexity index is 963. The summed E-state index contributed by atoms with van der Waals surface area (Å²) in [7, 11) is 1.33. The number of nitrogens with zero attached hydrogens (tertiary/aromatic N) is 2. The number of piperidine rings is 1. The summed E-state index contributed by atoms with van der Waals surface area (Å²) in [6.45, 7) is 4.62. The molecule has 3 aliphatic rings. The van der Waals surface area contributed by atoms with Gasteiger partial charge in [-0.25, -0.2) is 4.98 Å². The fourth-order valence-corrected chi connectivity index (χ4v) is 3.96. The highest BCUT2D eigenvalue weighted by molar-refractivity contribution is 5.51. The zero-order chi connectivity index (χ0) is 24.6. The largest absolute Gasteiger partial charge is 0.497 e. The zero-order valence-corrected chi connectivity index (χ0v) is 19.2. The molecule has 0 radical (unpaired) electrons. The maximum atomic E-state index is 12.0. The van der Waals surface area contributed by atoms with Crippen molar-refractivity contribution >= 4 is 12.2 Å². The lowest BCUT2D eigenvalue weighted by Crippen LogP contribution is -2.27. The van der Waals surface area contributed by atoms with Crippen molar-refractivity contribution in [2.75, 3.05) is 32.5 Å². The molecule has 0 saturated carbocycles. The van der Waals surface area contributed by atoms with Crippen LogP contribution < -0.4 is 10.5 Å². The molecule has 1 saturated heterocycles. The second kappa shape index (κ2) is 12.0. The third kappa shape index (κ3) is 6.83. The van der Waals surface area contributed by atoms with E-state index in [0.29, 0.717) is 25.6 Å². The minimum absolute atomic E-state index is 0.213. The Labute approximate surface area is 197 Å². The van der Waals surface area contributed by atoms with Gasteiger partial charge in [0, 0.05) is 18.7 Å². The number of methoxy groups -OCH3 is 1. The lowest BCUT2D eigenvalue weighted by atomic mass is 9.99. The van der Waals surface area contributed by atoms with E-state index >= 15 is 0 Å². The molecule has 0 unspecified atom stereocenters.